The number of hydrogen-bond acceptors (Lipinski definition) is 3. The summed E-state index contributed by atoms with van der Waals surface area (Å²) in [6.07, 6.45) is -0.224. The van der Waals surface area contributed by atoms with E-state index < -0.39 is 11.9 Å². The summed E-state index contributed by atoms with van der Waals surface area (Å²) >= 11 is 5.71. The van der Waals surface area contributed by atoms with Gasteiger partial charge in [0.15, 0.2) is 0 Å². The fraction of sp³-hybridized carbons (Fsp3) is 0.182. The van der Waals surface area contributed by atoms with Crippen molar-refractivity contribution in [2.75, 3.05) is 5.32 Å². The summed E-state index contributed by atoms with van der Waals surface area (Å²) in [7, 11) is 0. The maximum absolute atomic E-state index is 11.3. The van der Waals surface area contributed by atoms with Gasteiger partial charge in [-0.05, 0) is 25.1 Å². The average Bonchev–Trinajstić information content (AvgIpc) is 2.15. The van der Waals surface area contributed by atoms with Crippen LogP contribution in [0.25, 0.3) is 0 Å². The van der Waals surface area contributed by atoms with E-state index in [0.29, 0.717) is 5.69 Å². The highest BCUT2D eigenvalue weighted by atomic mass is 35.5. The number of Topliss-reactive ketones (excluding diaryl/α,β-unsaturated/α-hetero) is 1. The lowest BCUT2D eigenvalue weighted by Gasteiger charge is -2.05. The standard InChI is InChI=1S/C11H10ClNO4/c1-6(14)4-10(15)13-7-2-3-8(11(16)17)9(12)5-7/h2-3,5H,4H2,1H3,(H,13,15)(H,16,17). The van der Waals surface area contributed by atoms with Crippen LogP contribution in [0, 0.1) is 0 Å². The molecule has 90 valence electrons. The summed E-state index contributed by atoms with van der Waals surface area (Å²) in [5.74, 6) is -1.86. The number of ketones is 1. The highest BCUT2D eigenvalue weighted by molar-refractivity contribution is 6.33. The molecule has 0 saturated heterocycles. The molecule has 0 heterocycles. The zero-order valence-corrected chi connectivity index (χ0v) is 9.75. The lowest BCUT2D eigenvalue weighted by Crippen LogP contribution is -2.14. The molecule has 0 radical (unpaired) electrons. The maximum atomic E-state index is 11.3. The molecule has 2 N–H and O–H groups in total. The van der Waals surface area contributed by atoms with Crippen LogP contribution in [-0.2, 0) is 9.59 Å². The van der Waals surface area contributed by atoms with Crippen LogP contribution in [0.1, 0.15) is 23.7 Å². The minimum atomic E-state index is -1.14. The van der Waals surface area contributed by atoms with Gasteiger partial charge in [0.25, 0.3) is 0 Å². The second kappa shape index (κ2) is 5.45. The Bertz CT molecular complexity index is 484. The first-order valence-electron chi connectivity index (χ1n) is 4.72. The fourth-order valence-electron chi connectivity index (χ4n) is 1.20. The molecular weight excluding hydrogens is 246 g/mol. The molecule has 0 unspecified atom stereocenters. The van der Waals surface area contributed by atoms with Gasteiger partial charge in [-0.25, -0.2) is 4.79 Å². The lowest BCUT2D eigenvalue weighted by molar-refractivity contribution is -0.124. The molecule has 0 bridgehead atoms. The zero-order valence-electron chi connectivity index (χ0n) is 8.99. The molecule has 1 amide bonds. The van der Waals surface area contributed by atoms with Crippen molar-refractivity contribution in [1.82, 2.24) is 0 Å². The van der Waals surface area contributed by atoms with E-state index in [9.17, 15) is 14.4 Å². The maximum Gasteiger partial charge on any atom is 0.337 e. The Morgan fingerprint density at radius 2 is 2.00 bits per heavy atom. The molecule has 1 rings (SSSR count). The van der Waals surface area contributed by atoms with E-state index in [1.165, 1.54) is 25.1 Å². The van der Waals surface area contributed by atoms with Gasteiger partial charge >= 0.3 is 5.97 Å². The van der Waals surface area contributed by atoms with Crippen LogP contribution in [0.4, 0.5) is 5.69 Å². The van der Waals surface area contributed by atoms with Crippen LogP contribution in [0.5, 0.6) is 0 Å². The minimum absolute atomic E-state index is 0.0260. The van der Waals surface area contributed by atoms with Gasteiger partial charge in [0.05, 0.1) is 17.0 Å². The molecule has 0 fully saturated rings. The van der Waals surface area contributed by atoms with Crippen LogP contribution in [0.3, 0.4) is 0 Å². The van der Waals surface area contributed by atoms with Crippen molar-refractivity contribution < 1.29 is 19.5 Å². The number of benzene rings is 1. The third kappa shape index (κ3) is 3.88. The van der Waals surface area contributed by atoms with Gasteiger partial charge in [0.1, 0.15) is 5.78 Å². The summed E-state index contributed by atoms with van der Waals surface area (Å²) in [6, 6.07) is 4.02. The number of aromatic carboxylic acids is 1. The average molecular weight is 256 g/mol. The molecular formula is C11H10ClNO4. The molecule has 17 heavy (non-hydrogen) atoms. The Balaban J connectivity index is 2.81. The van der Waals surface area contributed by atoms with Crippen LogP contribution >= 0.6 is 11.6 Å². The number of amides is 1. The molecule has 1 aromatic carbocycles. The molecule has 0 aliphatic heterocycles. The third-order valence-electron chi connectivity index (χ3n) is 1.89. The van der Waals surface area contributed by atoms with Crippen LogP contribution in [0.15, 0.2) is 18.2 Å². The highest BCUT2D eigenvalue weighted by Crippen LogP contribution is 2.21. The van der Waals surface area contributed by atoms with Gasteiger partial charge in [-0.2, -0.15) is 0 Å². The van der Waals surface area contributed by atoms with Crippen LogP contribution in [0.2, 0.25) is 5.02 Å². The first kappa shape index (κ1) is 13.2. The fourth-order valence-corrected chi connectivity index (χ4v) is 1.46. The van der Waals surface area contributed by atoms with Crippen molar-refractivity contribution in [2.45, 2.75) is 13.3 Å². The number of carbonyl (C=O) groups is 3. The van der Waals surface area contributed by atoms with E-state index >= 15 is 0 Å². The summed E-state index contributed by atoms with van der Waals surface area (Å²) in [5, 5.41) is 11.2. The second-order valence-corrected chi connectivity index (χ2v) is 3.83. The summed E-state index contributed by atoms with van der Waals surface area (Å²) in [4.78, 5) is 32.6. The van der Waals surface area contributed by atoms with E-state index in [2.05, 4.69) is 5.32 Å². The first-order chi connectivity index (χ1) is 7.90. The van der Waals surface area contributed by atoms with Crippen LogP contribution in [-0.4, -0.2) is 22.8 Å². The van der Waals surface area contributed by atoms with Crippen molar-refractivity contribution in [3.63, 3.8) is 0 Å². The summed E-state index contributed by atoms with van der Waals surface area (Å²) in [6.45, 7) is 1.31. The number of hydrogen-bond donors (Lipinski definition) is 2. The Kier molecular flexibility index (Phi) is 4.23. The minimum Gasteiger partial charge on any atom is -0.478 e. The lowest BCUT2D eigenvalue weighted by atomic mass is 10.2. The second-order valence-electron chi connectivity index (χ2n) is 3.43. The number of anilines is 1. The van der Waals surface area contributed by atoms with Crippen molar-refractivity contribution in [3.05, 3.63) is 28.8 Å². The van der Waals surface area contributed by atoms with Gasteiger partial charge in [-0.3, -0.25) is 9.59 Å². The molecule has 1 aromatic rings. The molecule has 0 aliphatic rings. The van der Waals surface area contributed by atoms with Gasteiger partial charge in [-0.15, -0.1) is 0 Å². The van der Waals surface area contributed by atoms with Crippen molar-refractivity contribution >= 4 is 34.9 Å². The number of halogens is 1. The van der Waals surface area contributed by atoms with Crippen molar-refractivity contribution in [3.8, 4) is 0 Å². The monoisotopic (exact) mass is 255 g/mol. The van der Waals surface area contributed by atoms with E-state index in [-0.39, 0.29) is 22.8 Å². The highest BCUT2D eigenvalue weighted by Gasteiger charge is 2.10. The number of rotatable bonds is 4. The molecule has 0 aromatic heterocycles. The molecule has 0 saturated carbocycles. The number of carboxylic acid groups (broad SMARTS) is 1. The Morgan fingerprint density at radius 1 is 1.35 bits per heavy atom. The molecule has 0 aliphatic carbocycles. The normalized spacial score (nSPS) is 9.76. The van der Waals surface area contributed by atoms with E-state index in [4.69, 9.17) is 16.7 Å². The number of nitrogens with one attached hydrogen (secondary N) is 1. The third-order valence-corrected chi connectivity index (χ3v) is 2.21. The van der Waals surface area contributed by atoms with Crippen molar-refractivity contribution in [2.24, 2.45) is 0 Å². The number of carboxylic acids is 1. The van der Waals surface area contributed by atoms with Gasteiger partial charge in [0, 0.05) is 5.69 Å². The molecule has 0 spiro atoms. The van der Waals surface area contributed by atoms with Crippen molar-refractivity contribution in [1.29, 1.82) is 0 Å². The number of carbonyl (C=O) groups excluding carboxylic acids is 2. The Labute approximate surface area is 102 Å². The quantitative estimate of drug-likeness (QED) is 0.806. The summed E-state index contributed by atoms with van der Waals surface area (Å²) in [5.41, 5.74) is 0.308. The van der Waals surface area contributed by atoms with E-state index in [1.807, 2.05) is 0 Å². The SMILES string of the molecule is CC(=O)CC(=O)Nc1ccc(C(=O)O)c(Cl)c1. The molecule has 0 atom stereocenters. The Morgan fingerprint density at radius 3 is 2.47 bits per heavy atom. The van der Waals surface area contributed by atoms with E-state index in [1.54, 1.807) is 0 Å². The zero-order chi connectivity index (χ0) is 13.0. The summed E-state index contributed by atoms with van der Waals surface area (Å²) < 4.78 is 0. The van der Waals surface area contributed by atoms with Gasteiger partial charge in [-0.1, -0.05) is 11.6 Å². The topological polar surface area (TPSA) is 83.5 Å². The van der Waals surface area contributed by atoms with Gasteiger partial charge in [0.2, 0.25) is 5.91 Å². The predicted molar refractivity (Wildman–Crippen MR) is 62.3 cm³/mol. The van der Waals surface area contributed by atoms with E-state index in [0.717, 1.165) is 0 Å². The predicted octanol–water partition coefficient (Wildman–Crippen LogP) is 1.96. The smallest absolute Gasteiger partial charge is 0.337 e. The largest absolute Gasteiger partial charge is 0.478 e. The van der Waals surface area contributed by atoms with Gasteiger partial charge < -0.3 is 10.4 Å². The Hall–Kier alpha value is -1.88. The van der Waals surface area contributed by atoms with Crippen LogP contribution < -0.4 is 5.32 Å². The molecule has 5 nitrogen and oxygen atoms in total. The first-order valence-corrected chi connectivity index (χ1v) is 5.10. The molecule has 6 heteroatoms.